The largest absolute Gasteiger partial charge is 0.398 e. The first-order valence-electron chi connectivity index (χ1n) is 11.1. The molecule has 1 aliphatic rings. The molecule has 1 aliphatic heterocycles. The highest BCUT2D eigenvalue weighted by Gasteiger charge is 2.14. The Kier molecular flexibility index (Phi) is 5.75. The van der Waals surface area contributed by atoms with Crippen LogP contribution < -0.4 is 16.0 Å². The number of halogens is 1. The summed E-state index contributed by atoms with van der Waals surface area (Å²) >= 11 is 0. The molecule has 0 unspecified atom stereocenters. The molecular formula is C27H25FN4O. The summed E-state index contributed by atoms with van der Waals surface area (Å²) in [6.45, 7) is 3.79. The van der Waals surface area contributed by atoms with Crippen LogP contribution in [0.25, 0.3) is 22.0 Å². The number of benzene rings is 3. The van der Waals surface area contributed by atoms with Crippen molar-refractivity contribution in [3.63, 3.8) is 0 Å². The number of carbonyl (C=O) groups is 1. The molecular weight excluding hydrogens is 415 g/mol. The van der Waals surface area contributed by atoms with Crippen LogP contribution >= 0.6 is 0 Å². The highest BCUT2D eigenvalue weighted by atomic mass is 19.1. The quantitative estimate of drug-likeness (QED) is 0.354. The van der Waals surface area contributed by atoms with Gasteiger partial charge in [0.1, 0.15) is 11.6 Å². The van der Waals surface area contributed by atoms with E-state index in [0.717, 1.165) is 59.6 Å². The molecule has 1 saturated heterocycles. The molecule has 166 valence electrons. The fraction of sp³-hybridized carbons (Fsp3) is 0.185. The Morgan fingerprint density at radius 3 is 2.48 bits per heavy atom. The van der Waals surface area contributed by atoms with Gasteiger partial charge in [-0.05, 0) is 71.3 Å². The maximum absolute atomic E-state index is 13.3. The average Bonchev–Trinajstić information content (AvgIpc) is 2.86. The van der Waals surface area contributed by atoms with E-state index in [1.165, 1.54) is 12.1 Å². The zero-order valence-corrected chi connectivity index (χ0v) is 18.2. The van der Waals surface area contributed by atoms with Crippen molar-refractivity contribution in [2.75, 3.05) is 36.8 Å². The average molecular weight is 441 g/mol. The summed E-state index contributed by atoms with van der Waals surface area (Å²) in [7, 11) is 0. The standard InChI is InChI=1S/C27H25FN4O/c28-23-6-1-18(2-7-23)19-3-8-24(29)22(15-19)17-26(33)21-4-9-25-20(16-21)5-10-27(31-25)32-13-11-30-12-14-32/h1-10,15-16,30H,11-14,17,29H2. The van der Waals surface area contributed by atoms with Gasteiger partial charge in [0, 0.05) is 49.2 Å². The molecule has 1 aromatic heterocycles. The number of nitrogens with two attached hydrogens (primary N) is 1. The summed E-state index contributed by atoms with van der Waals surface area (Å²) in [5.41, 5.74) is 10.8. The molecule has 5 nitrogen and oxygen atoms in total. The molecule has 0 atom stereocenters. The van der Waals surface area contributed by atoms with E-state index < -0.39 is 0 Å². The normalized spacial score (nSPS) is 13.9. The highest BCUT2D eigenvalue weighted by molar-refractivity contribution is 6.01. The molecule has 0 aliphatic carbocycles. The van der Waals surface area contributed by atoms with Crippen molar-refractivity contribution in [1.29, 1.82) is 0 Å². The van der Waals surface area contributed by atoms with Crippen LogP contribution in [0.5, 0.6) is 0 Å². The van der Waals surface area contributed by atoms with Crippen molar-refractivity contribution in [3.8, 4) is 11.1 Å². The number of fused-ring (bicyclic) bond motifs is 1. The maximum Gasteiger partial charge on any atom is 0.167 e. The number of anilines is 2. The first-order valence-corrected chi connectivity index (χ1v) is 11.1. The molecule has 3 aromatic carbocycles. The lowest BCUT2D eigenvalue weighted by Crippen LogP contribution is -2.43. The van der Waals surface area contributed by atoms with Gasteiger partial charge in [0.2, 0.25) is 0 Å². The maximum atomic E-state index is 13.3. The molecule has 3 N–H and O–H groups in total. The van der Waals surface area contributed by atoms with E-state index in [4.69, 9.17) is 10.7 Å². The number of nitrogens with zero attached hydrogens (tertiary/aromatic N) is 2. The van der Waals surface area contributed by atoms with Crippen LogP contribution in [0.1, 0.15) is 15.9 Å². The summed E-state index contributed by atoms with van der Waals surface area (Å²) in [5, 5.41) is 4.29. The van der Waals surface area contributed by atoms with E-state index in [0.29, 0.717) is 11.3 Å². The second-order valence-electron chi connectivity index (χ2n) is 8.33. The SMILES string of the molecule is Nc1ccc(-c2ccc(F)cc2)cc1CC(=O)c1ccc2nc(N3CCNCC3)ccc2c1. The lowest BCUT2D eigenvalue weighted by Gasteiger charge is -2.28. The number of piperazine rings is 1. The summed E-state index contributed by atoms with van der Waals surface area (Å²) < 4.78 is 13.3. The van der Waals surface area contributed by atoms with Crippen LogP contribution in [0, 0.1) is 5.82 Å². The summed E-state index contributed by atoms with van der Waals surface area (Å²) in [4.78, 5) is 20.1. The van der Waals surface area contributed by atoms with Crippen molar-refractivity contribution in [2.24, 2.45) is 0 Å². The van der Waals surface area contributed by atoms with Gasteiger partial charge in [0.25, 0.3) is 0 Å². The number of carbonyl (C=O) groups excluding carboxylic acids is 1. The lowest BCUT2D eigenvalue weighted by atomic mass is 9.96. The molecule has 1 fully saturated rings. The minimum absolute atomic E-state index is 0.00830. The number of pyridine rings is 1. The van der Waals surface area contributed by atoms with Gasteiger partial charge in [-0.3, -0.25) is 4.79 Å². The molecule has 0 radical (unpaired) electrons. The first-order chi connectivity index (χ1) is 16.1. The van der Waals surface area contributed by atoms with Gasteiger partial charge in [0.15, 0.2) is 5.78 Å². The van der Waals surface area contributed by atoms with Gasteiger partial charge in [-0.15, -0.1) is 0 Å². The fourth-order valence-corrected chi connectivity index (χ4v) is 4.21. The van der Waals surface area contributed by atoms with E-state index in [-0.39, 0.29) is 18.0 Å². The van der Waals surface area contributed by atoms with Crippen molar-refractivity contribution < 1.29 is 9.18 Å². The Balaban J connectivity index is 1.37. The van der Waals surface area contributed by atoms with Gasteiger partial charge < -0.3 is 16.0 Å². The van der Waals surface area contributed by atoms with Gasteiger partial charge in [0.05, 0.1) is 5.52 Å². The van der Waals surface area contributed by atoms with E-state index >= 15 is 0 Å². The molecule has 0 amide bonds. The van der Waals surface area contributed by atoms with Crippen LogP contribution in [-0.2, 0) is 6.42 Å². The summed E-state index contributed by atoms with van der Waals surface area (Å²) in [6, 6.07) is 21.6. The monoisotopic (exact) mass is 440 g/mol. The molecule has 33 heavy (non-hydrogen) atoms. The number of hydrogen-bond donors (Lipinski definition) is 2. The van der Waals surface area contributed by atoms with Crippen LogP contribution in [0.3, 0.4) is 0 Å². The minimum atomic E-state index is -0.282. The van der Waals surface area contributed by atoms with Crippen molar-refractivity contribution in [1.82, 2.24) is 10.3 Å². The second kappa shape index (κ2) is 9.00. The molecule has 2 heterocycles. The molecule has 0 saturated carbocycles. The predicted octanol–water partition coefficient (Wildman–Crippen LogP) is 4.46. The van der Waals surface area contributed by atoms with Gasteiger partial charge in [-0.2, -0.15) is 0 Å². The zero-order chi connectivity index (χ0) is 22.8. The Labute approximate surface area is 192 Å². The Morgan fingerprint density at radius 1 is 0.939 bits per heavy atom. The predicted molar refractivity (Wildman–Crippen MR) is 131 cm³/mol. The Morgan fingerprint density at radius 2 is 1.70 bits per heavy atom. The third kappa shape index (κ3) is 4.56. The molecule has 0 bridgehead atoms. The van der Waals surface area contributed by atoms with Gasteiger partial charge in [-0.25, -0.2) is 9.37 Å². The van der Waals surface area contributed by atoms with Crippen molar-refractivity contribution in [2.45, 2.75) is 6.42 Å². The number of rotatable bonds is 5. The zero-order valence-electron chi connectivity index (χ0n) is 18.2. The molecule has 4 aromatic rings. The number of ketones is 1. The number of nitrogens with one attached hydrogen (secondary N) is 1. The Bertz CT molecular complexity index is 1310. The summed E-state index contributed by atoms with van der Waals surface area (Å²) in [6.07, 6.45) is 0.193. The van der Waals surface area contributed by atoms with E-state index in [2.05, 4.69) is 10.2 Å². The molecule has 0 spiro atoms. The second-order valence-corrected chi connectivity index (χ2v) is 8.33. The van der Waals surface area contributed by atoms with E-state index in [9.17, 15) is 9.18 Å². The highest BCUT2D eigenvalue weighted by Crippen LogP contribution is 2.26. The smallest absolute Gasteiger partial charge is 0.167 e. The number of nitrogen functional groups attached to an aromatic ring is 1. The molecule has 5 rings (SSSR count). The minimum Gasteiger partial charge on any atom is -0.398 e. The molecule has 6 heteroatoms. The van der Waals surface area contributed by atoms with Crippen LogP contribution in [-0.4, -0.2) is 36.9 Å². The van der Waals surface area contributed by atoms with Crippen molar-refractivity contribution >= 4 is 28.2 Å². The van der Waals surface area contributed by atoms with Gasteiger partial charge >= 0.3 is 0 Å². The third-order valence-corrected chi connectivity index (χ3v) is 6.11. The summed E-state index contributed by atoms with van der Waals surface area (Å²) in [5.74, 6) is 0.676. The van der Waals surface area contributed by atoms with E-state index in [1.807, 2.05) is 42.5 Å². The van der Waals surface area contributed by atoms with Gasteiger partial charge in [-0.1, -0.05) is 18.2 Å². The van der Waals surface area contributed by atoms with Crippen molar-refractivity contribution in [3.05, 3.63) is 89.7 Å². The fourth-order valence-electron chi connectivity index (χ4n) is 4.21. The Hall–Kier alpha value is -3.77. The first kappa shape index (κ1) is 21.1. The van der Waals surface area contributed by atoms with E-state index in [1.54, 1.807) is 18.2 Å². The van der Waals surface area contributed by atoms with Crippen LogP contribution in [0.4, 0.5) is 15.9 Å². The third-order valence-electron chi connectivity index (χ3n) is 6.11. The number of Topliss-reactive ketones (excluding diaryl/α,β-unsaturated/α-hetero) is 1. The van der Waals surface area contributed by atoms with Crippen LogP contribution in [0.2, 0.25) is 0 Å². The van der Waals surface area contributed by atoms with Crippen LogP contribution in [0.15, 0.2) is 72.8 Å². The number of hydrogen-bond acceptors (Lipinski definition) is 5. The number of aromatic nitrogens is 1. The topological polar surface area (TPSA) is 71.2 Å². The lowest BCUT2D eigenvalue weighted by molar-refractivity contribution is 0.0993.